The summed E-state index contributed by atoms with van der Waals surface area (Å²) < 4.78 is 21.9. The molecule has 1 heterocycles. The molecule has 0 amide bonds. The maximum absolute atomic E-state index is 11.3. The number of aromatic hydroxyl groups is 1. The summed E-state index contributed by atoms with van der Waals surface area (Å²) in [6.07, 6.45) is -7.36. The summed E-state index contributed by atoms with van der Waals surface area (Å²) in [5.74, 6) is -1.19. The molecule has 0 unspecified atom stereocenters. The number of phenolic OH excluding ortho intramolecular Hbond substituents is 1. The second-order valence-electron chi connectivity index (χ2n) is 9.65. The van der Waals surface area contributed by atoms with Crippen molar-refractivity contribution in [2.24, 2.45) is 5.92 Å². The number of benzene rings is 2. The molecule has 0 aromatic heterocycles. The Labute approximate surface area is 218 Å². The largest absolute Gasteiger partial charge is 0.504 e. The number of fused-ring (bicyclic) bond motifs is 1. The van der Waals surface area contributed by atoms with Gasteiger partial charge in [-0.1, -0.05) is 6.07 Å². The van der Waals surface area contributed by atoms with Gasteiger partial charge in [0.15, 0.2) is 23.0 Å². The number of methoxy groups -OCH3 is 2. The van der Waals surface area contributed by atoms with E-state index in [-0.39, 0.29) is 29.4 Å². The lowest BCUT2D eigenvalue weighted by molar-refractivity contribution is -0.277. The zero-order chi connectivity index (χ0) is 27.8. The Morgan fingerprint density at radius 1 is 0.895 bits per heavy atom. The molecule has 4 rings (SSSR count). The quantitative estimate of drug-likeness (QED) is 0.196. The second kappa shape index (κ2) is 11.2. The molecule has 12 heteroatoms. The summed E-state index contributed by atoms with van der Waals surface area (Å²) in [6.45, 7) is -1.71. The van der Waals surface area contributed by atoms with E-state index >= 15 is 0 Å². The SMILES string of the molecule is COc1cc2c(cc1O)[C@H](c1ccc(O[C@@H]3O[C@H](CO)[C@@H](O)[C@H](O)[C@H]3O)c(OC)c1)[C@@H](CO)[C@](O)(CO)C2. The summed E-state index contributed by atoms with van der Waals surface area (Å²) in [5.41, 5.74) is 0.115. The minimum Gasteiger partial charge on any atom is -0.504 e. The molecule has 1 aliphatic heterocycles. The first-order valence-corrected chi connectivity index (χ1v) is 12.1. The van der Waals surface area contributed by atoms with Crippen LogP contribution in [0.25, 0.3) is 0 Å². The molecule has 1 aliphatic carbocycles. The van der Waals surface area contributed by atoms with Gasteiger partial charge in [-0.2, -0.15) is 0 Å². The van der Waals surface area contributed by atoms with Crippen LogP contribution in [-0.2, 0) is 11.2 Å². The van der Waals surface area contributed by atoms with E-state index in [2.05, 4.69) is 0 Å². The van der Waals surface area contributed by atoms with Crippen molar-refractivity contribution in [3.05, 3.63) is 47.0 Å². The summed E-state index contributed by atoms with van der Waals surface area (Å²) in [5, 5.41) is 82.0. The standard InChI is InChI=1S/C26H34O12/c1-35-18-6-13-8-26(34,11-29)15(9-27)21(14(13)7-16(18)30)12-3-4-17(19(5-12)36-2)37-25-24(33)23(32)22(31)20(10-28)38-25/h3-7,15,20-25,27-34H,8-11H2,1-2H3/t15-,20-,21+,22-,23+,24-,25-,26-/m1/s1. The minimum absolute atomic E-state index is 0.0205. The Hall–Kier alpha value is -2.68. The van der Waals surface area contributed by atoms with Gasteiger partial charge >= 0.3 is 0 Å². The highest BCUT2D eigenvalue weighted by Gasteiger charge is 2.48. The Morgan fingerprint density at radius 3 is 2.21 bits per heavy atom. The zero-order valence-corrected chi connectivity index (χ0v) is 21.0. The fourth-order valence-electron chi connectivity index (χ4n) is 5.35. The number of hydrogen-bond acceptors (Lipinski definition) is 12. The lowest BCUT2D eigenvalue weighted by Gasteiger charge is -2.44. The molecule has 38 heavy (non-hydrogen) atoms. The molecule has 0 saturated carbocycles. The van der Waals surface area contributed by atoms with Gasteiger partial charge in [0.05, 0.1) is 33.0 Å². The summed E-state index contributed by atoms with van der Waals surface area (Å²) in [7, 11) is 2.77. The van der Waals surface area contributed by atoms with Crippen LogP contribution in [0.1, 0.15) is 22.6 Å². The second-order valence-corrected chi connectivity index (χ2v) is 9.65. The predicted octanol–water partition coefficient (Wildman–Crippen LogP) is -1.39. The molecular weight excluding hydrogens is 504 g/mol. The van der Waals surface area contributed by atoms with Crippen LogP contribution in [-0.4, -0.2) is 111 Å². The topological polar surface area (TPSA) is 199 Å². The number of aliphatic hydroxyl groups is 7. The molecule has 8 atom stereocenters. The molecule has 0 bridgehead atoms. The third-order valence-electron chi connectivity index (χ3n) is 7.47. The van der Waals surface area contributed by atoms with Gasteiger partial charge in [-0.3, -0.25) is 0 Å². The summed E-state index contributed by atoms with van der Waals surface area (Å²) in [4.78, 5) is 0. The first-order valence-electron chi connectivity index (χ1n) is 12.1. The highest BCUT2D eigenvalue weighted by Crippen LogP contribution is 2.49. The molecule has 210 valence electrons. The molecule has 0 radical (unpaired) electrons. The van der Waals surface area contributed by atoms with E-state index in [1.54, 1.807) is 18.2 Å². The molecule has 1 fully saturated rings. The zero-order valence-electron chi connectivity index (χ0n) is 21.0. The third-order valence-corrected chi connectivity index (χ3v) is 7.47. The maximum Gasteiger partial charge on any atom is 0.229 e. The Kier molecular flexibility index (Phi) is 8.35. The highest BCUT2D eigenvalue weighted by atomic mass is 16.7. The number of ether oxygens (including phenoxy) is 4. The number of aliphatic hydroxyl groups excluding tert-OH is 6. The van der Waals surface area contributed by atoms with Gasteiger partial charge in [0.2, 0.25) is 6.29 Å². The lowest BCUT2D eigenvalue weighted by atomic mass is 9.64. The highest BCUT2D eigenvalue weighted by molar-refractivity contribution is 5.54. The van der Waals surface area contributed by atoms with Crippen molar-refractivity contribution in [2.75, 3.05) is 34.0 Å². The van der Waals surface area contributed by atoms with Crippen LogP contribution in [0.2, 0.25) is 0 Å². The van der Waals surface area contributed by atoms with E-state index < -0.39 is 68.0 Å². The van der Waals surface area contributed by atoms with Crippen molar-refractivity contribution in [1.29, 1.82) is 0 Å². The van der Waals surface area contributed by atoms with Gasteiger partial charge in [0.25, 0.3) is 0 Å². The van der Waals surface area contributed by atoms with Gasteiger partial charge in [-0.05, 0) is 41.0 Å². The first kappa shape index (κ1) is 28.3. The number of rotatable bonds is 8. The summed E-state index contributed by atoms with van der Waals surface area (Å²) in [6, 6.07) is 7.80. The molecule has 2 aromatic carbocycles. The van der Waals surface area contributed by atoms with Gasteiger partial charge < -0.3 is 59.8 Å². The van der Waals surface area contributed by atoms with E-state index in [0.717, 1.165) is 0 Å². The van der Waals surface area contributed by atoms with Crippen molar-refractivity contribution in [3.63, 3.8) is 0 Å². The van der Waals surface area contributed by atoms with E-state index in [1.165, 1.54) is 26.4 Å². The normalized spacial score (nSPS) is 32.9. The van der Waals surface area contributed by atoms with Crippen LogP contribution < -0.4 is 14.2 Å². The average Bonchev–Trinajstić information content (AvgIpc) is 2.92. The van der Waals surface area contributed by atoms with Crippen LogP contribution >= 0.6 is 0 Å². The van der Waals surface area contributed by atoms with E-state index in [9.17, 15) is 40.9 Å². The van der Waals surface area contributed by atoms with Crippen LogP contribution in [0.3, 0.4) is 0 Å². The van der Waals surface area contributed by atoms with Gasteiger partial charge in [0, 0.05) is 24.9 Å². The van der Waals surface area contributed by atoms with Gasteiger partial charge in [-0.25, -0.2) is 0 Å². The molecule has 2 aliphatic rings. The van der Waals surface area contributed by atoms with Crippen molar-refractivity contribution < 1.29 is 59.8 Å². The third kappa shape index (κ3) is 4.90. The average molecular weight is 539 g/mol. The Bertz CT molecular complexity index is 1120. The monoisotopic (exact) mass is 538 g/mol. The van der Waals surface area contributed by atoms with Gasteiger partial charge in [0.1, 0.15) is 24.4 Å². The molecule has 1 saturated heterocycles. The molecule has 2 aromatic rings. The molecule has 12 nitrogen and oxygen atoms in total. The smallest absolute Gasteiger partial charge is 0.229 e. The fourth-order valence-corrected chi connectivity index (χ4v) is 5.35. The predicted molar refractivity (Wildman–Crippen MR) is 130 cm³/mol. The van der Waals surface area contributed by atoms with E-state index in [0.29, 0.717) is 16.7 Å². The fraction of sp³-hybridized carbons (Fsp3) is 0.538. The van der Waals surface area contributed by atoms with Crippen molar-refractivity contribution in [2.45, 2.75) is 48.6 Å². The lowest BCUT2D eigenvalue weighted by Crippen LogP contribution is -2.60. The van der Waals surface area contributed by atoms with Crippen molar-refractivity contribution >= 4 is 0 Å². The van der Waals surface area contributed by atoms with Crippen molar-refractivity contribution in [3.8, 4) is 23.0 Å². The van der Waals surface area contributed by atoms with Crippen LogP contribution in [0, 0.1) is 5.92 Å². The van der Waals surface area contributed by atoms with Crippen LogP contribution in [0.4, 0.5) is 0 Å². The van der Waals surface area contributed by atoms with Crippen LogP contribution in [0.5, 0.6) is 23.0 Å². The minimum atomic E-state index is -1.67. The Balaban J connectivity index is 1.74. The molecular formula is C26H34O12. The van der Waals surface area contributed by atoms with Crippen LogP contribution in [0.15, 0.2) is 30.3 Å². The maximum atomic E-state index is 11.3. The van der Waals surface area contributed by atoms with E-state index in [4.69, 9.17) is 18.9 Å². The number of hydrogen-bond donors (Lipinski definition) is 8. The Morgan fingerprint density at radius 2 is 1.61 bits per heavy atom. The van der Waals surface area contributed by atoms with Crippen molar-refractivity contribution in [1.82, 2.24) is 0 Å². The number of phenols is 1. The van der Waals surface area contributed by atoms with Gasteiger partial charge in [-0.15, -0.1) is 0 Å². The summed E-state index contributed by atoms with van der Waals surface area (Å²) >= 11 is 0. The first-order chi connectivity index (χ1) is 18.1. The van der Waals surface area contributed by atoms with E-state index in [1.807, 2.05) is 0 Å². The molecule has 0 spiro atoms. The molecule has 8 N–H and O–H groups in total.